The van der Waals surface area contributed by atoms with E-state index >= 15 is 0 Å². The summed E-state index contributed by atoms with van der Waals surface area (Å²) in [6, 6.07) is 6.01. The van der Waals surface area contributed by atoms with Crippen molar-refractivity contribution in [2.45, 2.75) is 58.2 Å². The first kappa shape index (κ1) is 19.6. The van der Waals surface area contributed by atoms with Gasteiger partial charge in [0.15, 0.2) is 5.82 Å². The fraction of sp³-hybridized carbons (Fsp3) is 0.476. The predicted octanol–water partition coefficient (Wildman–Crippen LogP) is 3.45. The highest BCUT2D eigenvalue weighted by atomic mass is 19.1. The van der Waals surface area contributed by atoms with Crippen LogP contribution >= 0.6 is 0 Å². The zero-order chi connectivity index (χ0) is 20.2. The number of aromatic nitrogens is 4. The Morgan fingerprint density at radius 1 is 1.28 bits per heavy atom. The van der Waals surface area contributed by atoms with Gasteiger partial charge in [-0.25, -0.2) is 9.37 Å². The maximum atomic E-state index is 14.7. The minimum Gasteiger partial charge on any atom is -0.368 e. The third-order valence-electron chi connectivity index (χ3n) is 5.47. The average Bonchev–Trinajstić information content (AvgIpc) is 3.05. The van der Waals surface area contributed by atoms with E-state index in [2.05, 4.69) is 32.6 Å². The molecule has 7 nitrogen and oxygen atoms in total. The van der Waals surface area contributed by atoms with Crippen molar-refractivity contribution in [3.8, 4) is 0 Å². The van der Waals surface area contributed by atoms with Crippen molar-refractivity contribution < 1.29 is 4.39 Å². The van der Waals surface area contributed by atoms with Crippen molar-refractivity contribution in [2.75, 3.05) is 17.6 Å². The van der Waals surface area contributed by atoms with Gasteiger partial charge in [0.05, 0.1) is 12.7 Å². The Balaban J connectivity index is 1.53. The first-order valence-corrected chi connectivity index (χ1v) is 10.4. The molecule has 2 aromatic heterocycles. The van der Waals surface area contributed by atoms with Gasteiger partial charge in [-0.15, -0.1) is 0 Å². The fourth-order valence-electron chi connectivity index (χ4n) is 3.51. The van der Waals surface area contributed by atoms with Gasteiger partial charge in [0.2, 0.25) is 5.95 Å². The van der Waals surface area contributed by atoms with Gasteiger partial charge < -0.3 is 16.4 Å². The number of nitrogens with zero attached hydrogens (tertiary/aromatic N) is 4. The third kappa shape index (κ3) is 4.48. The molecule has 1 aromatic carbocycles. The van der Waals surface area contributed by atoms with Crippen LogP contribution in [0.2, 0.25) is 0 Å². The number of halogens is 1. The molecule has 0 aliphatic heterocycles. The lowest BCUT2D eigenvalue weighted by atomic mass is 9.93. The van der Waals surface area contributed by atoms with E-state index in [0.29, 0.717) is 36.0 Å². The number of nitrogen functional groups attached to an aromatic ring is 1. The number of fused-ring (bicyclic) bond motifs is 1. The largest absolute Gasteiger partial charge is 0.368 e. The lowest BCUT2D eigenvalue weighted by molar-refractivity contribution is 0.338. The SMILES string of the molecule is CCCCNc1nc(N)nc2cnn(Cc3ccc(CNC4CCC4)cc3F)c12. The molecular weight excluding hydrogens is 369 g/mol. The number of nitrogens with two attached hydrogens (primary N) is 1. The van der Waals surface area contributed by atoms with Gasteiger partial charge >= 0.3 is 0 Å². The quantitative estimate of drug-likeness (QED) is 0.479. The molecule has 2 heterocycles. The Hall–Kier alpha value is -2.74. The molecule has 8 heteroatoms. The molecule has 1 aliphatic rings. The molecule has 3 aromatic rings. The number of unbranched alkanes of at least 4 members (excludes halogenated alkanes) is 1. The van der Waals surface area contributed by atoms with E-state index in [1.165, 1.54) is 19.3 Å². The fourth-order valence-corrected chi connectivity index (χ4v) is 3.51. The second-order valence-electron chi connectivity index (χ2n) is 7.68. The molecule has 0 atom stereocenters. The predicted molar refractivity (Wildman–Crippen MR) is 113 cm³/mol. The van der Waals surface area contributed by atoms with Gasteiger partial charge in [-0.1, -0.05) is 31.9 Å². The summed E-state index contributed by atoms with van der Waals surface area (Å²) >= 11 is 0. The second kappa shape index (κ2) is 8.73. The van der Waals surface area contributed by atoms with E-state index in [0.717, 1.165) is 30.5 Å². The molecular formula is C21H28FN7. The van der Waals surface area contributed by atoms with Crippen LogP contribution in [0.3, 0.4) is 0 Å². The number of benzene rings is 1. The Bertz CT molecular complexity index is 981. The number of nitrogens with one attached hydrogen (secondary N) is 2. The summed E-state index contributed by atoms with van der Waals surface area (Å²) in [4.78, 5) is 8.59. The van der Waals surface area contributed by atoms with Crippen LogP contribution in [0, 0.1) is 5.82 Å². The lowest BCUT2D eigenvalue weighted by Gasteiger charge is -2.26. The van der Waals surface area contributed by atoms with E-state index < -0.39 is 0 Å². The summed E-state index contributed by atoms with van der Waals surface area (Å²) in [6.07, 6.45) is 7.45. The first-order valence-electron chi connectivity index (χ1n) is 10.4. The van der Waals surface area contributed by atoms with Crippen LogP contribution in [0.4, 0.5) is 16.2 Å². The molecule has 1 saturated carbocycles. The molecule has 0 amide bonds. The summed E-state index contributed by atoms with van der Waals surface area (Å²) in [7, 11) is 0. The van der Waals surface area contributed by atoms with Crippen molar-refractivity contribution in [2.24, 2.45) is 0 Å². The number of rotatable bonds is 9. The first-order chi connectivity index (χ1) is 14.1. The van der Waals surface area contributed by atoms with Crippen molar-refractivity contribution >= 4 is 22.8 Å². The highest BCUT2D eigenvalue weighted by Crippen LogP contribution is 2.23. The Morgan fingerprint density at radius 2 is 2.14 bits per heavy atom. The van der Waals surface area contributed by atoms with Crippen molar-refractivity contribution in [3.63, 3.8) is 0 Å². The standard InChI is InChI=1S/C21H28FN7/c1-2-3-9-24-20-19-18(27-21(23)28-20)12-26-29(19)13-15-8-7-14(10-17(15)22)11-25-16-5-4-6-16/h7-8,10,12,16,25H,2-6,9,11,13H2,1H3,(H3,23,24,27,28). The topological polar surface area (TPSA) is 93.7 Å². The van der Waals surface area contributed by atoms with Crippen molar-refractivity contribution in [1.29, 1.82) is 0 Å². The normalized spacial score (nSPS) is 14.3. The molecule has 0 bridgehead atoms. The molecule has 0 spiro atoms. The molecule has 29 heavy (non-hydrogen) atoms. The lowest BCUT2D eigenvalue weighted by Crippen LogP contribution is -2.34. The van der Waals surface area contributed by atoms with Crippen molar-refractivity contribution in [3.05, 3.63) is 41.3 Å². The summed E-state index contributed by atoms with van der Waals surface area (Å²) in [5.74, 6) is 0.615. The maximum Gasteiger partial charge on any atom is 0.222 e. The molecule has 0 unspecified atom stereocenters. The third-order valence-corrected chi connectivity index (χ3v) is 5.47. The van der Waals surface area contributed by atoms with E-state index in [9.17, 15) is 4.39 Å². The van der Waals surface area contributed by atoms with Gasteiger partial charge in [-0.2, -0.15) is 10.1 Å². The van der Waals surface area contributed by atoms with Gasteiger partial charge in [0, 0.05) is 24.7 Å². The van der Waals surface area contributed by atoms with Crippen LogP contribution in [0.25, 0.3) is 11.0 Å². The van der Waals surface area contributed by atoms with Crippen LogP contribution in [-0.4, -0.2) is 32.3 Å². The van der Waals surface area contributed by atoms with Crippen molar-refractivity contribution in [1.82, 2.24) is 25.1 Å². The summed E-state index contributed by atoms with van der Waals surface area (Å²) < 4.78 is 16.5. The molecule has 4 rings (SSSR count). The summed E-state index contributed by atoms with van der Waals surface area (Å²) in [5, 5.41) is 11.2. The molecule has 154 valence electrons. The van der Waals surface area contributed by atoms with Gasteiger partial charge in [-0.3, -0.25) is 4.68 Å². The molecule has 1 fully saturated rings. The summed E-state index contributed by atoms with van der Waals surface area (Å²) in [6.45, 7) is 3.92. The smallest absolute Gasteiger partial charge is 0.222 e. The van der Waals surface area contributed by atoms with E-state index in [1.54, 1.807) is 16.9 Å². The van der Waals surface area contributed by atoms with E-state index in [4.69, 9.17) is 5.73 Å². The Labute approximate surface area is 169 Å². The van der Waals surface area contributed by atoms with E-state index in [1.807, 2.05) is 12.1 Å². The minimum absolute atomic E-state index is 0.200. The van der Waals surface area contributed by atoms with Gasteiger partial charge in [-0.05, 0) is 30.9 Å². The monoisotopic (exact) mass is 397 g/mol. The van der Waals surface area contributed by atoms with E-state index in [-0.39, 0.29) is 11.8 Å². The summed E-state index contributed by atoms with van der Waals surface area (Å²) in [5.41, 5.74) is 8.76. The Kier molecular flexibility index (Phi) is 5.89. The number of hydrogen-bond donors (Lipinski definition) is 3. The highest BCUT2D eigenvalue weighted by molar-refractivity contribution is 5.86. The molecule has 4 N–H and O–H groups in total. The zero-order valence-electron chi connectivity index (χ0n) is 16.8. The number of hydrogen-bond acceptors (Lipinski definition) is 6. The highest BCUT2D eigenvalue weighted by Gasteiger charge is 2.17. The van der Waals surface area contributed by atoms with Crippen LogP contribution in [0.15, 0.2) is 24.4 Å². The number of anilines is 2. The van der Waals surface area contributed by atoms with Gasteiger partial charge in [0.25, 0.3) is 0 Å². The molecule has 0 radical (unpaired) electrons. The average molecular weight is 398 g/mol. The second-order valence-corrected chi connectivity index (χ2v) is 7.68. The Morgan fingerprint density at radius 3 is 2.86 bits per heavy atom. The molecule has 0 saturated heterocycles. The zero-order valence-corrected chi connectivity index (χ0v) is 16.8. The van der Waals surface area contributed by atoms with Crippen LogP contribution in [0.5, 0.6) is 0 Å². The maximum absolute atomic E-state index is 14.7. The van der Waals surface area contributed by atoms with Crippen LogP contribution in [0.1, 0.15) is 50.2 Å². The minimum atomic E-state index is -0.224. The van der Waals surface area contributed by atoms with Crippen LogP contribution in [-0.2, 0) is 13.1 Å². The van der Waals surface area contributed by atoms with Gasteiger partial charge in [0.1, 0.15) is 16.9 Å². The molecule has 1 aliphatic carbocycles. The van der Waals surface area contributed by atoms with Crippen LogP contribution < -0.4 is 16.4 Å².